The van der Waals surface area contributed by atoms with Gasteiger partial charge in [0.05, 0.1) is 10.0 Å². The minimum atomic E-state index is -0.354. The lowest BCUT2D eigenvalue weighted by Crippen LogP contribution is -2.34. The van der Waals surface area contributed by atoms with E-state index in [1.165, 1.54) is 0 Å². The van der Waals surface area contributed by atoms with Crippen molar-refractivity contribution in [3.8, 4) is 11.1 Å². The third kappa shape index (κ3) is 7.40. The summed E-state index contributed by atoms with van der Waals surface area (Å²) in [7, 11) is 4.10. The van der Waals surface area contributed by atoms with E-state index in [2.05, 4.69) is 56.6 Å². The van der Waals surface area contributed by atoms with Crippen LogP contribution in [0, 0.1) is 5.41 Å². The first-order chi connectivity index (χ1) is 16.6. The SMILES string of the molecule is CCCCNC(=O)Nc1nc2nc(NCC(C)(C)CN(C)C)ncc2cc1-c1c(Cl)cccc1Cl. The molecule has 10 heteroatoms. The number of amides is 2. The van der Waals surface area contributed by atoms with Crippen LogP contribution in [0.15, 0.2) is 30.5 Å². The average molecular weight is 518 g/mol. The van der Waals surface area contributed by atoms with Crippen molar-refractivity contribution in [3.05, 3.63) is 40.5 Å². The Bertz CT molecular complexity index is 1160. The molecule has 0 saturated carbocycles. The molecule has 35 heavy (non-hydrogen) atoms. The Morgan fingerprint density at radius 3 is 2.51 bits per heavy atom. The summed E-state index contributed by atoms with van der Waals surface area (Å²) in [6, 6.07) is 6.75. The van der Waals surface area contributed by atoms with Gasteiger partial charge >= 0.3 is 6.03 Å². The van der Waals surface area contributed by atoms with Crippen LogP contribution in [0.1, 0.15) is 33.6 Å². The summed E-state index contributed by atoms with van der Waals surface area (Å²) in [4.78, 5) is 28.4. The minimum Gasteiger partial charge on any atom is -0.354 e. The van der Waals surface area contributed by atoms with Crippen LogP contribution in [0.4, 0.5) is 16.6 Å². The number of carbonyl (C=O) groups is 1. The van der Waals surface area contributed by atoms with Crippen LogP contribution in [0.25, 0.3) is 22.2 Å². The molecular weight excluding hydrogens is 485 g/mol. The number of aromatic nitrogens is 3. The highest BCUT2D eigenvalue weighted by Gasteiger charge is 2.20. The van der Waals surface area contributed by atoms with Crippen molar-refractivity contribution in [2.45, 2.75) is 33.6 Å². The number of urea groups is 1. The molecule has 0 fully saturated rings. The van der Waals surface area contributed by atoms with Gasteiger partial charge in [-0.1, -0.05) is 56.5 Å². The van der Waals surface area contributed by atoms with Crippen LogP contribution >= 0.6 is 23.2 Å². The highest BCUT2D eigenvalue weighted by Crippen LogP contribution is 2.39. The standard InChI is InChI=1S/C25H33Cl2N7O/c1-6-7-11-28-24(35)33-22-17(20-18(26)9-8-10-19(20)27)12-16-13-29-23(32-21(16)31-22)30-14-25(2,3)15-34(4)5/h8-10,12-13H,6-7,11,14-15H2,1-5H3,(H3,28,29,30,31,32,33,35). The van der Waals surface area contributed by atoms with Gasteiger partial charge in [-0.3, -0.25) is 5.32 Å². The van der Waals surface area contributed by atoms with Gasteiger partial charge in [-0.15, -0.1) is 0 Å². The quantitative estimate of drug-likeness (QED) is 0.289. The molecule has 3 N–H and O–H groups in total. The zero-order valence-corrected chi connectivity index (χ0v) is 22.4. The number of benzene rings is 1. The molecule has 0 spiro atoms. The summed E-state index contributed by atoms with van der Waals surface area (Å²) < 4.78 is 0. The van der Waals surface area contributed by atoms with E-state index in [0.29, 0.717) is 57.1 Å². The lowest BCUT2D eigenvalue weighted by atomic mass is 9.93. The molecule has 0 atom stereocenters. The van der Waals surface area contributed by atoms with E-state index in [9.17, 15) is 4.79 Å². The zero-order chi connectivity index (χ0) is 25.6. The fraction of sp³-hybridized carbons (Fsp3) is 0.440. The lowest BCUT2D eigenvalue weighted by Gasteiger charge is -2.28. The molecule has 188 valence electrons. The molecule has 0 aliphatic heterocycles. The van der Waals surface area contributed by atoms with Crippen molar-refractivity contribution in [1.82, 2.24) is 25.2 Å². The summed E-state index contributed by atoms with van der Waals surface area (Å²) in [5, 5.41) is 10.6. The van der Waals surface area contributed by atoms with Crippen LogP contribution in [-0.4, -0.2) is 59.6 Å². The second kappa shape index (κ2) is 11.8. The topological polar surface area (TPSA) is 95.1 Å². The number of nitrogens with one attached hydrogen (secondary N) is 3. The molecule has 2 amide bonds. The maximum Gasteiger partial charge on any atom is 0.320 e. The van der Waals surface area contributed by atoms with Gasteiger partial charge in [-0.25, -0.2) is 14.8 Å². The van der Waals surface area contributed by atoms with Gasteiger partial charge in [-0.2, -0.15) is 4.98 Å². The van der Waals surface area contributed by atoms with Gasteiger partial charge in [0, 0.05) is 42.3 Å². The van der Waals surface area contributed by atoms with E-state index in [1.807, 2.05) is 20.2 Å². The van der Waals surface area contributed by atoms with Gasteiger partial charge in [-0.05, 0) is 44.1 Å². The van der Waals surface area contributed by atoms with Crippen molar-refractivity contribution in [1.29, 1.82) is 0 Å². The van der Waals surface area contributed by atoms with Crippen molar-refractivity contribution in [3.63, 3.8) is 0 Å². The van der Waals surface area contributed by atoms with Gasteiger partial charge in [0.25, 0.3) is 0 Å². The number of halogens is 2. The molecule has 0 unspecified atom stereocenters. The molecule has 0 bridgehead atoms. The molecule has 8 nitrogen and oxygen atoms in total. The van der Waals surface area contributed by atoms with E-state index in [-0.39, 0.29) is 11.4 Å². The Balaban J connectivity index is 1.98. The van der Waals surface area contributed by atoms with Gasteiger partial charge < -0.3 is 15.5 Å². The second-order valence-electron chi connectivity index (χ2n) is 9.58. The fourth-order valence-corrected chi connectivity index (χ4v) is 4.45. The Hall–Kier alpha value is -2.68. The van der Waals surface area contributed by atoms with Crippen LogP contribution in [-0.2, 0) is 0 Å². The highest BCUT2D eigenvalue weighted by atomic mass is 35.5. The van der Waals surface area contributed by atoms with Crippen molar-refractivity contribution in [2.75, 3.05) is 44.4 Å². The first-order valence-electron chi connectivity index (χ1n) is 11.7. The van der Waals surface area contributed by atoms with Crippen LogP contribution in [0.5, 0.6) is 0 Å². The highest BCUT2D eigenvalue weighted by molar-refractivity contribution is 6.39. The van der Waals surface area contributed by atoms with Crippen LogP contribution < -0.4 is 16.0 Å². The number of unbranched alkanes of at least 4 members (excludes halogenated alkanes) is 1. The number of carbonyl (C=O) groups excluding carboxylic acids is 1. The van der Waals surface area contributed by atoms with E-state index in [0.717, 1.165) is 19.4 Å². The molecule has 3 rings (SSSR count). The fourth-order valence-electron chi connectivity index (χ4n) is 3.85. The van der Waals surface area contributed by atoms with Gasteiger partial charge in [0.15, 0.2) is 5.65 Å². The minimum absolute atomic E-state index is 0.0171. The molecule has 0 saturated heterocycles. The Morgan fingerprint density at radius 2 is 1.86 bits per heavy atom. The molecule has 0 aliphatic rings. The largest absolute Gasteiger partial charge is 0.354 e. The molecular formula is C25H33Cl2N7O. The van der Waals surface area contributed by atoms with Gasteiger partial charge in [0.1, 0.15) is 5.82 Å². The number of anilines is 2. The molecule has 1 aromatic carbocycles. The number of rotatable bonds is 10. The van der Waals surface area contributed by atoms with Crippen LogP contribution in [0.3, 0.4) is 0 Å². The number of hydrogen-bond acceptors (Lipinski definition) is 6. The van der Waals surface area contributed by atoms with Crippen molar-refractivity contribution >= 4 is 52.0 Å². The molecule has 3 aromatic rings. The summed E-state index contributed by atoms with van der Waals surface area (Å²) >= 11 is 13.0. The first-order valence-corrected chi connectivity index (χ1v) is 12.4. The number of nitrogens with zero attached hydrogens (tertiary/aromatic N) is 4. The Labute approximate surface area is 216 Å². The van der Waals surface area contributed by atoms with E-state index in [4.69, 9.17) is 23.2 Å². The number of pyridine rings is 1. The van der Waals surface area contributed by atoms with Crippen molar-refractivity contribution in [2.24, 2.45) is 5.41 Å². The second-order valence-corrected chi connectivity index (χ2v) is 10.4. The average Bonchev–Trinajstić information content (AvgIpc) is 2.77. The zero-order valence-electron chi connectivity index (χ0n) is 20.9. The summed E-state index contributed by atoms with van der Waals surface area (Å²) in [5.74, 6) is 0.790. The third-order valence-corrected chi connectivity index (χ3v) is 5.95. The van der Waals surface area contributed by atoms with Crippen molar-refractivity contribution < 1.29 is 4.79 Å². The van der Waals surface area contributed by atoms with E-state index < -0.39 is 0 Å². The van der Waals surface area contributed by atoms with E-state index in [1.54, 1.807) is 24.4 Å². The Kier molecular flexibility index (Phi) is 9.10. The third-order valence-electron chi connectivity index (χ3n) is 5.32. The molecule has 2 heterocycles. The monoisotopic (exact) mass is 517 g/mol. The first kappa shape index (κ1) is 26.9. The van der Waals surface area contributed by atoms with Crippen LogP contribution in [0.2, 0.25) is 10.0 Å². The molecule has 0 radical (unpaired) electrons. The smallest absolute Gasteiger partial charge is 0.320 e. The normalized spacial score (nSPS) is 11.7. The maximum atomic E-state index is 12.6. The van der Waals surface area contributed by atoms with Gasteiger partial charge in [0.2, 0.25) is 5.95 Å². The lowest BCUT2D eigenvalue weighted by molar-refractivity contribution is 0.252. The van der Waals surface area contributed by atoms with E-state index >= 15 is 0 Å². The molecule has 0 aliphatic carbocycles. The number of fused-ring (bicyclic) bond motifs is 1. The predicted molar refractivity (Wildman–Crippen MR) is 146 cm³/mol. The molecule has 2 aromatic heterocycles. The Morgan fingerprint density at radius 1 is 1.14 bits per heavy atom. The summed E-state index contributed by atoms with van der Waals surface area (Å²) in [5.41, 5.74) is 1.64. The maximum absolute atomic E-state index is 12.6. The number of hydrogen-bond donors (Lipinski definition) is 3. The predicted octanol–water partition coefficient (Wildman–Crippen LogP) is 5.92. The summed E-state index contributed by atoms with van der Waals surface area (Å²) in [6.07, 6.45) is 3.57. The summed E-state index contributed by atoms with van der Waals surface area (Å²) in [6.45, 7) is 8.59.